The van der Waals surface area contributed by atoms with Gasteiger partial charge in [0.05, 0.1) is 33.1 Å². The zero-order valence-electron chi connectivity index (χ0n) is 20.2. The zero-order chi connectivity index (χ0) is 26.8. The molecule has 0 unspecified atom stereocenters. The predicted molar refractivity (Wildman–Crippen MR) is 144 cm³/mol. The van der Waals surface area contributed by atoms with E-state index in [1.165, 1.54) is 34.7 Å². The summed E-state index contributed by atoms with van der Waals surface area (Å²) in [7, 11) is 0. The largest absolute Gasteiger partial charge is 0.452 e. The first kappa shape index (κ1) is 25.9. The molecule has 7 nitrogen and oxygen atoms in total. The van der Waals surface area contributed by atoms with Crippen LogP contribution in [0.4, 0.5) is 11.4 Å². The minimum Gasteiger partial charge on any atom is -0.452 e. The van der Waals surface area contributed by atoms with Gasteiger partial charge in [-0.15, -0.1) is 0 Å². The number of imide groups is 1. The van der Waals surface area contributed by atoms with E-state index in [0.29, 0.717) is 29.2 Å². The molecule has 0 bridgehead atoms. The van der Waals surface area contributed by atoms with Crippen LogP contribution in [-0.4, -0.2) is 30.3 Å². The summed E-state index contributed by atoms with van der Waals surface area (Å²) in [6, 6.07) is 20.8. The van der Waals surface area contributed by atoms with Gasteiger partial charge in [0.2, 0.25) is 11.8 Å². The lowest BCUT2D eigenvalue weighted by molar-refractivity contribution is -0.122. The van der Waals surface area contributed by atoms with Gasteiger partial charge in [-0.1, -0.05) is 59.6 Å². The maximum atomic E-state index is 13.4. The second-order valence-electron chi connectivity index (χ2n) is 9.45. The van der Waals surface area contributed by atoms with Crippen molar-refractivity contribution in [2.75, 3.05) is 16.8 Å². The average molecular weight is 551 g/mol. The van der Waals surface area contributed by atoms with Crippen LogP contribution in [0.2, 0.25) is 10.0 Å². The number of benzene rings is 3. The molecule has 1 N–H and O–H groups in total. The Balaban J connectivity index is 1.24. The molecule has 0 aromatic heterocycles. The first-order valence-corrected chi connectivity index (χ1v) is 13.0. The van der Waals surface area contributed by atoms with E-state index in [2.05, 4.69) is 17.4 Å². The zero-order valence-corrected chi connectivity index (χ0v) is 21.7. The van der Waals surface area contributed by atoms with Gasteiger partial charge in [0.25, 0.3) is 5.91 Å². The Labute approximate surface area is 229 Å². The van der Waals surface area contributed by atoms with Crippen LogP contribution in [0.1, 0.15) is 41.1 Å². The summed E-state index contributed by atoms with van der Waals surface area (Å²) in [5, 5.41) is 3.20. The molecule has 3 aromatic carbocycles. The number of nitrogens with zero attached hydrogens (tertiary/aromatic N) is 1. The molecule has 1 saturated carbocycles. The first-order chi connectivity index (χ1) is 18.3. The van der Waals surface area contributed by atoms with Crippen molar-refractivity contribution in [1.82, 2.24) is 0 Å². The molecule has 2 aliphatic rings. The van der Waals surface area contributed by atoms with Gasteiger partial charge in [-0.05, 0) is 67.1 Å². The fourth-order valence-electron chi connectivity index (χ4n) is 5.22. The highest BCUT2D eigenvalue weighted by molar-refractivity contribution is 6.42. The summed E-state index contributed by atoms with van der Waals surface area (Å²) < 4.78 is 5.15. The molecule has 1 heterocycles. The Hall–Kier alpha value is -3.68. The van der Waals surface area contributed by atoms with E-state index in [9.17, 15) is 19.2 Å². The maximum Gasteiger partial charge on any atom is 0.338 e. The number of esters is 1. The van der Waals surface area contributed by atoms with Gasteiger partial charge in [0, 0.05) is 5.69 Å². The van der Waals surface area contributed by atoms with E-state index >= 15 is 0 Å². The van der Waals surface area contributed by atoms with Gasteiger partial charge in [-0.2, -0.15) is 0 Å². The molecular formula is C29H24Cl2N2O5. The molecule has 1 aliphatic carbocycles. The van der Waals surface area contributed by atoms with Crippen molar-refractivity contribution in [1.29, 1.82) is 0 Å². The van der Waals surface area contributed by atoms with E-state index in [-0.39, 0.29) is 40.2 Å². The second kappa shape index (κ2) is 11.0. The van der Waals surface area contributed by atoms with Crippen molar-refractivity contribution in [3.05, 3.63) is 94.0 Å². The summed E-state index contributed by atoms with van der Waals surface area (Å²) >= 11 is 11.8. The molecule has 194 valence electrons. The van der Waals surface area contributed by atoms with Crippen LogP contribution < -0.4 is 10.2 Å². The summed E-state index contributed by atoms with van der Waals surface area (Å²) in [5.74, 6) is -2.31. The predicted octanol–water partition coefficient (Wildman–Crippen LogP) is 5.86. The molecule has 1 aliphatic heterocycles. The fourth-order valence-corrected chi connectivity index (χ4v) is 5.52. The number of carbonyl (C=O) groups is 4. The molecule has 3 atom stereocenters. The minimum atomic E-state index is -0.753. The number of nitrogens with one attached hydrogen (secondary N) is 1. The van der Waals surface area contributed by atoms with Gasteiger partial charge in [0.15, 0.2) is 6.61 Å². The summed E-state index contributed by atoms with van der Waals surface area (Å²) in [6.07, 6.45) is 2.10. The standard InChI is InChI=1S/C29H24Cl2N2O5/c30-24-12-10-20(15-25(24)31)32-26(34)16-38-29(37)19-7-4-8-21(13-19)33-27(35)22-11-9-18(14-23(22)28(33)36)17-5-2-1-3-6-17/h1-8,10,12-13,15,18,22-23H,9,11,14,16H2,(H,32,34)/t18-,22+,23+/m0/s1. The molecular weight excluding hydrogens is 527 g/mol. The SMILES string of the molecule is O=C(COC(=O)c1cccc(N2C(=O)[C@@H]3CC[C@H](c4ccccc4)C[C@H]3C2=O)c1)Nc1ccc(Cl)c(Cl)c1. The second-order valence-corrected chi connectivity index (χ2v) is 10.3. The lowest BCUT2D eigenvalue weighted by atomic mass is 9.73. The topological polar surface area (TPSA) is 92.8 Å². The number of carbonyl (C=O) groups excluding carboxylic acids is 4. The third-order valence-corrected chi connectivity index (χ3v) is 7.81. The minimum absolute atomic E-state index is 0.127. The number of amides is 3. The van der Waals surface area contributed by atoms with Crippen LogP contribution in [0.5, 0.6) is 0 Å². The van der Waals surface area contributed by atoms with Crippen molar-refractivity contribution < 1.29 is 23.9 Å². The quantitative estimate of drug-likeness (QED) is 0.306. The van der Waals surface area contributed by atoms with Crippen LogP contribution in [0, 0.1) is 11.8 Å². The monoisotopic (exact) mass is 550 g/mol. The number of ether oxygens (including phenoxy) is 1. The van der Waals surface area contributed by atoms with E-state index < -0.39 is 18.5 Å². The number of hydrogen-bond acceptors (Lipinski definition) is 5. The highest BCUT2D eigenvalue weighted by atomic mass is 35.5. The number of halogens is 2. The molecule has 2 fully saturated rings. The third kappa shape index (κ3) is 5.30. The smallest absolute Gasteiger partial charge is 0.338 e. The van der Waals surface area contributed by atoms with Crippen LogP contribution in [0.3, 0.4) is 0 Å². The van der Waals surface area contributed by atoms with Gasteiger partial charge >= 0.3 is 5.97 Å². The average Bonchev–Trinajstić information content (AvgIpc) is 3.19. The van der Waals surface area contributed by atoms with Gasteiger partial charge < -0.3 is 10.1 Å². The van der Waals surface area contributed by atoms with Crippen LogP contribution >= 0.6 is 23.2 Å². The normalized spacial score (nSPS) is 20.7. The van der Waals surface area contributed by atoms with Crippen molar-refractivity contribution >= 4 is 58.3 Å². The summed E-state index contributed by atoms with van der Waals surface area (Å²) in [6.45, 7) is -0.532. The van der Waals surface area contributed by atoms with Crippen molar-refractivity contribution in [3.8, 4) is 0 Å². The molecule has 5 rings (SSSR count). The van der Waals surface area contributed by atoms with E-state index in [0.717, 1.165) is 6.42 Å². The van der Waals surface area contributed by atoms with Crippen molar-refractivity contribution in [2.24, 2.45) is 11.8 Å². The highest BCUT2D eigenvalue weighted by Gasteiger charge is 2.50. The van der Waals surface area contributed by atoms with Gasteiger partial charge in [-0.25, -0.2) is 4.79 Å². The van der Waals surface area contributed by atoms with Crippen molar-refractivity contribution in [3.63, 3.8) is 0 Å². The van der Waals surface area contributed by atoms with E-state index in [4.69, 9.17) is 27.9 Å². The Morgan fingerprint density at radius 1 is 0.868 bits per heavy atom. The Morgan fingerprint density at radius 2 is 1.63 bits per heavy atom. The van der Waals surface area contributed by atoms with E-state index in [1.807, 2.05) is 18.2 Å². The van der Waals surface area contributed by atoms with Crippen LogP contribution in [0.15, 0.2) is 72.8 Å². The first-order valence-electron chi connectivity index (χ1n) is 12.3. The maximum absolute atomic E-state index is 13.4. The number of fused-ring (bicyclic) bond motifs is 1. The fraction of sp³-hybridized carbons (Fsp3) is 0.241. The number of rotatable bonds is 6. The molecule has 3 amide bonds. The molecule has 38 heavy (non-hydrogen) atoms. The summed E-state index contributed by atoms with van der Waals surface area (Å²) in [4.78, 5) is 52.6. The lowest BCUT2D eigenvalue weighted by Gasteiger charge is -2.28. The lowest BCUT2D eigenvalue weighted by Crippen LogP contribution is -2.31. The highest BCUT2D eigenvalue weighted by Crippen LogP contribution is 2.45. The Kier molecular flexibility index (Phi) is 7.49. The van der Waals surface area contributed by atoms with Gasteiger partial charge in [0.1, 0.15) is 0 Å². The Morgan fingerprint density at radius 3 is 2.39 bits per heavy atom. The molecule has 3 aromatic rings. The molecule has 1 saturated heterocycles. The van der Waals surface area contributed by atoms with E-state index in [1.54, 1.807) is 18.2 Å². The molecule has 9 heteroatoms. The van der Waals surface area contributed by atoms with Gasteiger partial charge in [-0.3, -0.25) is 19.3 Å². The van der Waals surface area contributed by atoms with Crippen LogP contribution in [0.25, 0.3) is 0 Å². The summed E-state index contributed by atoms with van der Waals surface area (Å²) in [5.41, 5.74) is 2.03. The van der Waals surface area contributed by atoms with Crippen molar-refractivity contribution in [2.45, 2.75) is 25.2 Å². The van der Waals surface area contributed by atoms with Crippen LogP contribution in [-0.2, 0) is 19.1 Å². The Bertz CT molecular complexity index is 1410. The number of anilines is 2. The molecule has 0 radical (unpaired) electrons. The third-order valence-electron chi connectivity index (χ3n) is 7.07. The number of hydrogen-bond donors (Lipinski definition) is 1. The molecule has 0 spiro atoms.